The fourth-order valence-corrected chi connectivity index (χ4v) is 4.04. The molecular weight excluding hydrogens is 486 g/mol. The molecule has 0 aliphatic carbocycles. The first kappa shape index (κ1) is 30.8. The quantitative estimate of drug-likeness (QED) is 0.178. The molecule has 8 heteroatoms. The topological polar surface area (TPSA) is 115 Å². The van der Waals surface area contributed by atoms with E-state index in [2.05, 4.69) is 23.6 Å². The molecule has 1 amide bonds. The fraction of sp³-hybridized carbons (Fsp3) is 0.533. The van der Waals surface area contributed by atoms with Gasteiger partial charge >= 0.3 is 11.7 Å². The molecule has 8 nitrogen and oxygen atoms in total. The summed E-state index contributed by atoms with van der Waals surface area (Å²) in [5.74, 6) is 0.00414. The summed E-state index contributed by atoms with van der Waals surface area (Å²) >= 11 is 0. The number of hydrogen-bond donors (Lipinski definition) is 1. The van der Waals surface area contributed by atoms with Crippen molar-refractivity contribution in [2.45, 2.75) is 73.1 Å². The van der Waals surface area contributed by atoms with Crippen LogP contribution in [0.2, 0.25) is 0 Å². The Kier molecular flexibility index (Phi) is 11.3. The lowest BCUT2D eigenvalue weighted by molar-refractivity contribution is 0.0811. The number of benzene rings is 1. The molecule has 2 unspecified atom stereocenters. The normalized spacial score (nSPS) is 13.5. The van der Waals surface area contributed by atoms with Gasteiger partial charge in [0.1, 0.15) is 22.8 Å². The Morgan fingerprint density at radius 1 is 1.13 bits per heavy atom. The van der Waals surface area contributed by atoms with Crippen LogP contribution in [0.15, 0.2) is 44.5 Å². The molecule has 38 heavy (non-hydrogen) atoms. The molecule has 0 radical (unpaired) electrons. The third-order valence-electron chi connectivity index (χ3n) is 6.76. The van der Waals surface area contributed by atoms with E-state index in [9.17, 15) is 19.5 Å². The summed E-state index contributed by atoms with van der Waals surface area (Å²) in [6.45, 7) is 12.4. The SMILES string of the molecule is COC(=O)N=CCCCC(C)c1cc(O)c(C(=O)C(C)C(C)(C)Cc2ccc(OCC(C)C)cc2)c(=O)o1. The van der Waals surface area contributed by atoms with Crippen molar-refractivity contribution in [3.8, 4) is 11.5 Å². The molecular formula is C30H41NO7. The summed E-state index contributed by atoms with van der Waals surface area (Å²) in [5, 5.41) is 10.6. The van der Waals surface area contributed by atoms with Crippen LogP contribution in [0.5, 0.6) is 11.5 Å². The number of carbonyl (C=O) groups is 2. The van der Waals surface area contributed by atoms with Crippen molar-refractivity contribution >= 4 is 18.1 Å². The van der Waals surface area contributed by atoms with E-state index >= 15 is 0 Å². The maximum absolute atomic E-state index is 13.3. The molecule has 2 atom stereocenters. The van der Waals surface area contributed by atoms with Gasteiger partial charge in [0.2, 0.25) is 0 Å². The zero-order valence-corrected chi connectivity index (χ0v) is 23.6. The van der Waals surface area contributed by atoms with Crippen LogP contribution in [-0.2, 0) is 11.2 Å². The first-order chi connectivity index (χ1) is 17.9. The number of ketones is 1. The smallest absolute Gasteiger partial charge is 0.432 e. The maximum atomic E-state index is 13.3. The van der Waals surface area contributed by atoms with Gasteiger partial charge in [-0.05, 0) is 54.7 Å². The number of methoxy groups -OCH3 is 1. The minimum Gasteiger partial charge on any atom is -0.507 e. The second-order valence-corrected chi connectivity index (χ2v) is 10.9. The van der Waals surface area contributed by atoms with Crippen molar-refractivity contribution in [3.63, 3.8) is 0 Å². The van der Waals surface area contributed by atoms with Gasteiger partial charge in [-0.1, -0.05) is 53.7 Å². The largest absolute Gasteiger partial charge is 0.507 e. The molecule has 1 heterocycles. The van der Waals surface area contributed by atoms with Crippen LogP contribution in [-0.4, -0.2) is 36.9 Å². The van der Waals surface area contributed by atoms with Crippen LogP contribution in [0.25, 0.3) is 0 Å². The van der Waals surface area contributed by atoms with Gasteiger partial charge in [0.15, 0.2) is 5.78 Å². The lowest BCUT2D eigenvalue weighted by atomic mass is 9.72. The maximum Gasteiger partial charge on any atom is 0.432 e. The zero-order chi connectivity index (χ0) is 28.5. The van der Waals surface area contributed by atoms with Gasteiger partial charge in [-0.25, -0.2) is 9.59 Å². The summed E-state index contributed by atoms with van der Waals surface area (Å²) < 4.78 is 15.6. The van der Waals surface area contributed by atoms with Crippen LogP contribution in [0.4, 0.5) is 4.79 Å². The van der Waals surface area contributed by atoms with E-state index in [1.165, 1.54) is 19.4 Å². The first-order valence-electron chi connectivity index (χ1n) is 13.1. The third kappa shape index (κ3) is 8.85. The van der Waals surface area contributed by atoms with Crippen LogP contribution in [0, 0.1) is 17.3 Å². The van der Waals surface area contributed by atoms with Crippen molar-refractivity contribution in [1.29, 1.82) is 0 Å². The second-order valence-electron chi connectivity index (χ2n) is 10.9. The van der Waals surface area contributed by atoms with E-state index in [1.54, 1.807) is 6.92 Å². The molecule has 0 spiro atoms. The highest BCUT2D eigenvalue weighted by Crippen LogP contribution is 2.35. The summed E-state index contributed by atoms with van der Waals surface area (Å²) in [7, 11) is 1.26. The molecule has 0 aliphatic heterocycles. The average Bonchev–Trinajstić information content (AvgIpc) is 2.86. The Bertz CT molecular complexity index is 1160. The summed E-state index contributed by atoms with van der Waals surface area (Å²) in [6.07, 6.45) is 3.29. The second kappa shape index (κ2) is 13.9. The zero-order valence-electron chi connectivity index (χ0n) is 23.6. The van der Waals surface area contributed by atoms with Gasteiger partial charge < -0.3 is 19.0 Å². The predicted octanol–water partition coefficient (Wildman–Crippen LogP) is 6.58. The van der Waals surface area contributed by atoms with Gasteiger partial charge in [-0.3, -0.25) is 4.79 Å². The van der Waals surface area contributed by atoms with Gasteiger partial charge in [0.05, 0.1) is 13.7 Å². The Morgan fingerprint density at radius 2 is 1.79 bits per heavy atom. The lowest BCUT2D eigenvalue weighted by Crippen LogP contribution is -2.33. The Hall–Kier alpha value is -3.42. The highest BCUT2D eigenvalue weighted by molar-refractivity contribution is 6.00. The highest BCUT2D eigenvalue weighted by Gasteiger charge is 2.35. The summed E-state index contributed by atoms with van der Waals surface area (Å²) in [4.78, 5) is 40.8. The van der Waals surface area contributed by atoms with Crippen LogP contribution in [0.1, 0.15) is 88.4 Å². The highest BCUT2D eigenvalue weighted by atomic mass is 16.5. The molecule has 1 aromatic carbocycles. The first-order valence-corrected chi connectivity index (χ1v) is 13.1. The molecule has 1 aromatic heterocycles. The van der Waals surface area contributed by atoms with E-state index in [-0.39, 0.29) is 17.2 Å². The number of ether oxygens (including phenoxy) is 2. The van der Waals surface area contributed by atoms with Gasteiger partial charge in [-0.2, -0.15) is 4.99 Å². The number of aromatic hydroxyl groups is 1. The van der Waals surface area contributed by atoms with Crippen LogP contribution in [0.3, 0.4) is 0 Å². The average molecular weight is 528 g/mol. The monoisotopic (exact) mass is 527 g/mol. The third-order valence-corrected chi connectivity index (χ3v) is 6.76. The summed E-state index contributed by atoms with van der Waals surface area (Å²) in [6, 6.07) is 9.17. The van der Waals surface area contributed by atoms with E-state index < -0.39 is 28.8 Å². The van der Waals surface area contributed by atoms with E-state index in [1.807, 2.05) is 45.0 Å². The molecule has 0 aliphatic rings. The van der Waals surface area contributed by atoms with Crippen LogP contribution >= 0.6 is 0 Å². The van der Waals surface area contributed by atoms with Crippen molar-refractivity contribution in [2.24, 2.45) is 22.2 Å². The number of aliphatic imine (C=N–C) groups is 1. The number of amides is 1. The molecule has 0 fully saturated rings. The molecule has 208 valence electrons. The van der Waals surface area contributed by atoms with Crippen molar-refractivity contribution in [1.82, 2.24) is 0 Å². The predicted molar refractivity (Wildman–Crippen MR) is 148 cm³/mol. The molecule has 0 saturated heterocycles. The lowest BCUT2D eigenvalue weighted by Gasteiger charge is -2.31. The fourth-order valence-electron chi connectivity index (χ4n) is 4.04. The van der Waals surface area contributed by atoms with Crippen molar-refractivity contribution in [2.75, 3.05) is 13.7 Å². The molecule has 2 aromatic rings. The van der Waals surface area contributed by atoms with Gasteiger partial charge in [-0.15, -0.1) is 0 Å². The minimum absolute atomic E-state index is 0.175. The number of carbonyl (C=O) groups excluding carboxylic acids is 2. The van der Waals surface area contributed by atoms with Gasteiger partial charge in [0, 0.05) is 24.1 Å². The van der Waals surface area contributed by atoms with E-state index in [4.69, 9.17) is 9.15 Å². The number of rotatable bonds is 13. The number of Topliss-reactive ketones (excluding diaryl/α,β-unsaturated/α-hetero) is 1. The number of unbranched alkanes of at least 4 members (excludes halogenated alkanes) is 1. The molecule has 1 N–H and O–H groups in total. The van der Waals surface area contributed by atoms with Crippen molar-refractivity contribution in [3.05, 3.63) is 57.6 Å². The van der Waals surface area contributed by atoms with Crippen molar-refractivity contribution < 1.29 is 28.6 Å². The molecule has 0 bridgehead atoms. The Labute approximate surface area is 225 Å². The minimum atomic E-state index is -0.835. The molecule has 2 rings (SSSR count). The summed E-state index contributed by atoms with van der Waals surface area (Å²) in [5.41, 5.74) is -0.597. The van der Waals surface area contributed by atoms with Gasteiger partial charge in [0.25, 0.3) is 0 Å². The Morgan fingerprint density at radius 3 is 2.37 bits per heavy atom. The Balaban J connectivity index is 2.07. The number of hydrogen-bond acceptors (Lipinski definition) is 7. The van der Waals surface area contributed by atoms with E-state index in [0.717, 1.165) is 11.3 Å². The van der Waals surface area contributed by atoms with E-state index in [0.29, 0.717) is 44.0 Å². The molecule has 0 saturated carbocycles. The van der Waals surface area contributed by atoms with Crippen LogP contribution < -0.4 is 10.4 Å². The number of nitrogens with zero attached hydrogens (tertiary/aromatic N) is 1. The standard InChI is InChI=1S/C30H41NO7/c1-19(2)18-37-23-13-11-22(12-14-23)17-30(5,6)21(4)27(33)26-24(32)16-25(38-28(26)34)20(3)10-8-9-15-31-29(35)36-7/h11-16,19-21,32H,8-10,17-18H2,1-7H3.